The standard InChI is InChI=1S/C21H21FN5O7P.Ca/c1-11-6-14(8-17(32-3)18(11)22)25-20-23-9-12(2)19(26-20)24-13-4-5-16-15(7-13)27(21(28)34-16)10-33-35(29,30)31;/h4-9H,10H2,1-3H3,(H2,29,30,31)(H2,23,24,25,26);. The van der Waals surface area contributed by atoms with Crippen LogP contribution in [0.25, 0.3) is 11.1 Å². The molecule has 0 unspecified atom stereocenters. The summed E-state index contributed by atoms with van der Waals surface area (Å²) < 4.78 is 40.6. The van der Waals surface area contributed by atoms with E-state index in [0.29, 0.717) is 28.3 Å². The average molecular weight is 545 g/mol. The molecule has 12 nitrogen and oxygen atoms in total. The zero-order valence-electron chi connectivity index (χ0n) is 19.5. The van der Waals surface area contributed by atoms with Crippen LogP contribution >= 0.6 is 7.82 Å². The maximum atomic E-state index is 14.1. The number of rotatable bonds is 8. The molecule has 0 aliphatic carbocycles. The van der Waals surface area contributed by atoms with Gasteiger partial charge in [0.25, 0.3) is 0 Å². The first kappa shape index (κ1) is 28.1. The van der Waals surface area contributed by atoms with E-state index in [1.54, 1.807) is 38.2 Å². The van der Waals surface area contributed by atoms with Gasteiger partial charge >= 0.3 is 13.6 Å². The molecule has 4 rings (SSSR count). The van der Waals surface area contributed by atoms with E-state index in [0.717, 1.165) is 4.57 Å². The van der Waals surface area contributed by atoms with E-state index >= 15 is 0 Å². The van der Waals surface area contributed by atoms with E-state index in [1.807, 2.05) is 0 Å². The third-order valence-corrected chi connectivity index (χ3v) is 5.41. The largest absolute Gasteiger partial charge is 0.494 e. The van der Waals surface area contributed by atoms with Crippen LogP contribution < -0.4 is 21.1 Å². The molecule has 0 saturated heterocycles. The van der Waals surface area contributed by atoms with Crippen molar-refractivity contribution in [2.24, 2.45) is 0 Å². The number of hydrogen-bond acceptors (Lipinski definition) is 9. The van der Waals surface area contributed by atoms with Gasteiger partial charge < -0.3 is 29.6 Å². The molecule has 2 radical (unpaired) electrons. The molecular formula is C21H21CaFN5O7P. The zero-order chi connectivity index (χ0) is 25.3. The molecule has 0 bridgehead atoms. The normalized spacial score (nSPS) is 11.3. The zero-order valence-corrected chi connectivity index (χ0v) is 22.6. The first-order valence-electron chi connectivity index (χ1n) is 10.1. The number of ether oxygens (including phenoxy) is 1. The minimum Gasteiger partial charge on any atom is -0.494 e. The average Bonchev–Trinajstić information content (AvgIpc) is 3.10. The molecule has 0 amide bonds. The Morgan fingerprint density at radius 3 is 2.58 bits per heavy atom. The molecule has 2 aromatic carbocycles. The number of anilines is 4. The second-order valence-electron chi connectivity index (χ2n) is 7.51. The van der Waals surface area contributed by atoms with Gasteiger partial charge in [-0.3, -0.25) is 4.52 Å². The molecular weight excluding hydrogens is 524 g/mol. The van der Waals surface area contributed by atoms with Crippen LogP contribution in [0, 0.1) is 19.7 Å². The first-order valence-corrected chi connectivity index (χ1v) is 11.6. The van der Waals surface area contributed by atoms with Gasteiger partial charge in [0.2, 0.25) is 5.95 Å². The van der Waals surface area contributed by atoms with Crippen LogP contribution in [0.2, 0.25) is 0 Å². The van der Waals surface area contributed by atoms with E-state index in [2.05, 4.69) is 25.1 Å². The van der Waals surface area contributed by atoms with Gasteiger partial charge in [0.1, 0.15) is 12.5 Å². The molecule has 2 heterocycles. The second-order valence-corrected chi connectivity index (χ2v) is 8.75. The van der Waals surface area contributed by atoms with Crippen molar-refractivity contribution in [1.29, 1.82) is 0 Å². The Labute approximate surface area is 233 Å². The number of hydrogen-bond donors (Lipinski definition) is 4. The van der Waals surface area contributed by atoms with Gasteiger partial charge in [-0.05, 0) is 43.7 Å². The van der Waals surface area contributed by atoms with Gasteiger partial charge in [-0.15, -0.1) is 0 Å². The Morgan fingerprint density at radius 2 is 1.89 bits per heavy atom. The number of aromatic nitrogens is 3. The van der Waals surface area contributed by atoms with Crippen LogP contribution in [0.5, 0.6) is 5.75 Å². The summed E-state index contributed by atoms with van der Waals surface area (Å²) in [5.41, 5.74) is 2.60. The van der Waals surface area contributed by atoms with Crippen molar-refractivity contribution >= 4 is 79.8 Å². The van der Waals surface area contributed by atoms with E-state index in [-0.39, 0.29) is 60.5 Å². The van der Waals surface area contributed by atoms with Crippen molar-refractivity contribution in [2.75, 3.05) is 17.7 Å². The van der Waals surface area contributed by atoms with Crippen LogP contribution in [0.1, 0.15) is 11.1 Å². The minimum absolute atomic E-state index is 0. The predicted molar refractivity (Wildman–Crippen MR) is 130 cm³/mol. The number of aryl methyl sites for hydroxylation is 2. The number of oxazole rings is 1. The number of phosphoric acid groups is 1. The Kier molecular flexibility index (Phi) is 8.78. The number of halogens is 1. The molecule has 15 heteroatoms. The summed E-state index contributed by atoms with van der Waals surface area (Å²) in [5, 5.41) is 6.13. The monoisotopic (exact) mass is 545 g/mol. The van der Waals surface area contributed by atoms with Gasteiger partial charge in [-0.2, -0.15) is 4.98 Å². The first-order chi connectivity index (χ1) is 16.5. The van der Waals surface area contributed by atoms with E-state index in [4.69, 9.17) is 18.9 Å². The maximum Gasteiger partial charge on any atom is 0.471 e. The van der Waals surface area contributed by atoms with Crippen molar-refractivity contribution in [1.82, 2.24) is 14.5 Å². The van der Waals surface area contributed by atoms with Gasteiger partial charge in [-0.25, -0.2) is 23.3 Å². The van der Waals surface area contributed by atoms with Crippen molar-refractivity contribution in [2.45, 2.75) is 20.6 Å². The third-order valence-electron chi connectivity index (χ3n) is 4.95. The molecule has 0 aliphatic rings. The topological polar surface area (TPSA) is 161 Å². The van der Waals surface area contributed by atoms with E-state index in [1.165, 1.54) is 19.2 Å². The summed E-state index contributed by atoms with van der Waals surface area (Å²) in [7, 11) is -3.42. The summed E-state index contributed by atoms with van der Waals surface area (Å²) in [6, 6.07) is 7.80. The number of phosphoric ester groups is 1. The Hall–Kier alpha value is -2.51. The molecule has 0 fully saturated rings. The minimum atomic E-state index is -4.79. The van der Waals surface area contributed by atoms with E-state index < -0.39 is 26.1 Å². The van der Waals surface area contributed by atoms with Crippen molar-refractivity contribution < 1.29 is 32.4 Å². The van der Waals surface area contributed by atoms with Gasteiger partial charge in [-0.1, -0.05) is 0 Å². The van der Waals surface area contributed by atoms with Crippen LogP contribution in [0.15, 0.2) is 45.7 Å². The van der Waals surface area contributed by atoms with Crippen LogP contribution in [0.4, 0.5) is 27.5 Å². The number of fused-ring (bicyclic) bond motifs is 1. The second kappa shape index (κ2) is 11.3. The SMILES string of the molecule is COc1cc(Nc2ncc(C)c(Nc3ccc4oc(=O)n(COP(=O)(O)O)c4c3)n2)cc(C)c1F.[Ca]. The molecule has 186 valence electrons. The van der Waals surface area contributed by atoms with Gasteiger partial charge in [0.05, 0.1) is 12.6 Å². The molecule has 0 atom stereocenters. The molecule has 0 spiro atoms. The smallest absolute Gasteiger partial charge is 0.471 e. The Bertz CT molecular complexity index is 1520. The maximum absolute atomic E-state index is 14.1. The molecule has 0 saturated carbocycles. The van der Waals surface area contributed by atoms with Crippen LogP contribution in [-0.2, 0) is 15.8 Å². The molecule has 4 aromatic rings. The number of benzene rings is 2. The number of nitrogens with zero attached hydrogens (tertiary/aromatic N) is 3. The van der Waals surface area contributed by atoms with E-state index in [9.17, 15) is 13.8 Å². The number of nitrogens with one attached hydrogen (secondary N) is 2. The Balaban J connectivity index is 0.00000361. The van der Waals surface area contributed by atoms with Crippen LogP contribution in [0.3, 0.4) is 0 Å². The quantitative estimate of drug-likeness (QED) is 0.190. The number of methoxy groups -OCH3 is 1. The summed E-state index contributed by atoms with van der Waals surface area (Å²) in [6.07, 6.45) is 1.59. The molecule has 36 heavy (non-hydrogen) atoms. The molecule has 0 aliphatic heterocycles. The fraction of sp³-hybridized carbons (Fsp3) is 0.190. The third kappa shape index (κ3) is 6.43. The fourth-order valence-electron chi connectivity index (χ4n) is 3.25. The van der Waals surface area contributed by atoms with Gasteiger partial charge in [0.15, 0.2) is 17.1 Å². The van der Waals surface area contributed by atoms with Crippen molar-refractivity contribution in [3.8, 4) is 5.75 Å². The molecule has 2 aromatic heterocycles. The summed E-state index contributed by atoms with van der Waals surface area (Å²) in [5.74, 6) is -0.524. The Morgan fingerprint density at radius 1 is 1.14 bits per heavy atom. The summed E-state index contributed by atoms with van der Waals surface area (Å²) in [4.78, 5) is 38.6. The molecule has 4 N–H and O–H groups in total. The summed E-state index contributed by atoms with van der Waals surface area (Å²) in [6.45, 7) is 2.71. The summed E-state index contributed by atoms with van der Waals surface area (Å²) >= 11 is 0. The predicted octanol–water partition coefficient (Wildman–Crippen LogP) is 3.32. The van der Waals surface area contributed by atoms with Crippen molar-refractivity contribution in [3.05, 3.63) is 64.0 Å². The fourth-order valence-corrected chi connectivity index (χ4v) is 3.51. The van der Waals surface area contributed by atoms with Crippen LogP contribution in [-0.4, -0.2) is 69.2 Å². The van der Waals surface area contributed by atoms with Gasteiger partial charge in [0, 0.05) is 66.9 Å². The van der Waals surface area contributed by atoms with Crippen molar-refractivity contribution in [3.63, 3.8) is 0 Å².